The molecule has 3 heteroatoms. The van der Waals surface area contributed by atoms with Gasteiger partial charge < -0.3 is 9.73 Å². The van der Waals surface area contributed by atoms with E-state index in [1.807, 2.05) is 0 Å². The number of carbonyl (C=O) groups excluding carboxylic acids is 1. The zero-order chi connectivity index (χ0) is 9.31. The van der Waals surface area contributed by atoms with E-state index in [0.717, 1.165) is 12.8 Å². The summed E-state index contributed by atoms with van der Waals surface area (Å²) in [5.74, 6) is 0.292. The number of furan rings is 1. The van der Waals surface area contributed by atoms with Crippen molar-refractivity contribution < 1.29 is 9.21 Å². The maximum Gasteiger partial charge on any atom is 0.287 e. The van der Waals surface area contributed by atoms with Gasteiger partial charge in [-0.3, -0.25) is 4.79 Å². The summed E-state index contributed by atoms with van der Waals surface area (Å²) in [6.45, 7) is 2.07. The Bertz CT molecular complexity index is 299. The van der Waals surface area contributed by atoms with Gasteiger partial charge in [0.15, 0.2) is 5.76 Å². The summed E-state index contributed by atoms with van der Waals surface area (Å²) in [5, 5.41) is 2.96. The second-order valence-corrected chi connectivity index (χ2v) is 3.85. The minimum absolute atomic E-state index is 0.00384. The van der Waals surface area contributed by atoms with E-state index in [2.05, 4.69) is 12.2 Å². The number of hydrogen-bond donors (Lipinski definition) is 1. The molecule has 1 saturated carbocycles. The predicted molar refractivity (Wildman–Crippen MR) is 48.4 cm³/mol. The first-order valence-electron chi connectivity index (χ1n) is 4.56. The third-order valence-corrected chi connectivity index (χ3v) is 2.62. The highest BCUT2D eigenvalue weighted by Crippen LogP contribution is 2.31. The fourth-order valence-electron chi connectivity index (χ4n) is 1.58. The molecular weight excluding hydrogens is 166 g/mol. The van der Waals surface area contributed by atoms with Crippen LogP contribution in [0.25, 0.3) is 0 Å². The van der Waals surface area contributed by atoms with Crippen LogP contribution in [0.15, 0.2) is 22.8 Å². The average Bonchev–Trinajstić information content (AvgIpc) is 2.53. The molecule has 1 amide bonds. The molecule has 0 aromatic carbocycles. The fourth-order valence-corrected chi connectivity index (χ4v) is 1.58. The van der Waals surface area contributed by atoms with Crippen molar-refractivity contribution in [3.05, 3.63) is 24.2 Å². The summed E-state index contributed by atoms with van der Waals surface area (Å²) in [6, 6.07) is 3.40. The number of nitrogens with one attached hydrogen (secondary N) is 1. The summed E-state index contributed by atoms with van der Waals surface area (Å²) in [5.41, 5.74) is 0.00384. The molecule has 0 spiro atoms. The summed E-state index contributed by atoms with van der Waals surface area (Å²) in [6.07, 6.45) is 4.85. The molecule has 0 radical (unpaired) electrons. The van der Waals surface area contributed by atoms with E-state index in [1.165, 1.54) is 12.7 Å². The molecule has 1 aromatic heterocycles. The zero-order valence-electron chi connectivity index (χ0n) is 7.67. The van der Waals surface area contributed by atoms with E-state index in [9.17, 15) is 4.79 Å². The van der Waals surface area contributed by atoms with Crippen molar-refractivity contribution in [2.75, 3.05) is 0 Å². The highest BCUT2D eigenvalue weighted by molar-refractivity contribution is 5.91. The number of hydrogen-bond acceptors (Lipinski definition) is 2. The van der Waals surface area contributed by atoms with Gasteiger partial charge in [-0.25, -0.2) is 0 Å². The molecule has 0 aliphatic heterocycles. The molecule has 0 unspecified atom stereocenters. The normalized spacial score (nSPS) is 19.2. The smallest absolute Gasteiger partial charge is 0.287 e. The lowest BCUT2D eigenvalue weighted by molar-refractivity contribution is 0.0821. The molecule has 3 nitrogen and oxygen atoms in total. The van der Waals surface area contributed by atoms with Crippen LogP contribution in [0.1, 0.15) is 36.7 Å². The number of carbonyl (C=O) groups is 1. The highest BCUT2D eigenvalue weighted by atomic mass is 16.3. The topological polar surface area (TPSA) is 42.2 Å². The Morgan fingerprint density at radius 3 is 2.85 bits per heavy atom. The summed E-state index contributed by atoms with van der Waals surface area (Å²) in [4.78, 5) is 11.5. The average molecular weight is 179 g/mol. The molecule has 1 heterocycles. The van der Waals surface area contributed by atoms with E-state index in [-0.39, 0.29) is 11.4 Å². The molecule has 1 aliphatic carbocycles. The van der Waals surface area contributed by atoms with Gasteiger partial charge in [0.1, 0.15) is 0 Å². The van der Waals surface area contributed by atoms with E-state index in [4.69, 9.17) is 4.42 Å². The minimum Gasteiger partial charge on any atom is -0.459 e. The van der Waals surface area contributed by atoms with E-state index in [0.29, 0.717) is 5.76 Å². The molecule has 2 rings (SSSR count). The third kappa shape index (κ3) is 1.59. The lowest BCUT2D eigenvalue weighted by atomic mass is 9.78. The van der Waals surface area contributed by atoms with Crippen molar-refractivity contribution in [2.24, 2.45) is 0 Å². The number of amides is 1. The molecule has 1 fully saturated rings. The van der Waals surface area contributed by atoms with Crippen molar-refractivity contribution in [3.8, 4) is 0 Å². The Morgan fingerprint density at radius 1 is 1.62 bits per heavy atom. The second-order valence-electron chi connectivity index (χ2n) is 3.85. The Balaban J connectivity index is 1.99. The molecular formula is C10H13NO2. The minimum atomic E-state index is -0.104. The van der Waals surface area contributed by atoms with E-state index < -0.39 is 0 Å². The third-order valence-electron chi connectivity index (χ3n) is 2.62. The van der Waals surface area contributed by atoms with E-state index >= 15 is 0 Å². The van der Waals surface area contributed by atoms with Gasteiger partial charge in [-0.1, -0.05) is 0 Å². The zero-order valence-corrected chi connectivity index (χ0v) is 7.67. The van der Waals surface area contributed by atoms with Crippen molar-refractivity contribution in [2.45, 2.75) is 31.7 Å². The quantitative estimate of drug-likeness (QED) is 0.754. The van der Waals surface area contributed by atoms with Crippen molar-refractivity contribution >= 4 is 5.91 Å². The van der Waals surface area contributed by atoms with E-state index in [1.54, 1.807) is 12.1 Å². The fraction of sp³-hybridized carbons (Fsp3) is 0.500. The SMILES string of the molecule is CC1(NC(=O)c2ccco2)CCC1. The first-order chi connectivity index (χ1) is 6.20. The highest BCUT2D eigenvalue weighted by Gasteiger charge is 2.33. The molecule has 0 atom stereocenters. The molecule has 0 saturated heterocycles. The maximum absolute atomic E-state index is 11.5. The van der Waals surface area contributed by atoms with Gasteiger partial charge in [0.25, 0.3) is 5.91 Å². The monoisotopic (exact) mass is 179 g/mol. The largest absolute Gasteiger partial charge is 0.459 e. The first-order valence-corrected chi connectivity index (χ1v) is 4.56. The van der Waals surface area contributed by atoms with Crippen LogP contribution in [-0.4, -0.2) is 11.4 Å². The Morgan fingerprint density at radius 2 is 2.38 bits per heavy atom. The predicted octanol–water partition coefficient (Wildman–Crippen LogP) is 1.95. The Labute approximate surface area is 77.1 Å². The van der Waals surface area contributed by atoms with Crippen molar-refractivity contribution in [1.82, 2.24) is 5.32 Å². The Hall–Kier alpha value is -1.25. The van der Waals surface area contributed by atoms with Crippen LogP contribution < -0.4 is 5.32 Å². The molecule has 1 aromatic rings. The molecule has 70 valence electrons. The number of rotatable bonds is 2. The molecule has 13 heavy (non-hydrogen) atoms. The summed E-state index contributed by atoms with van der Waals surface area (Å²) in [7, 11) is 0. The second kappa shape index (κ2) is 2.91. The first kappa shape index (κ1) is 8.35. The molecule has 0 bridgehead atoms. The standard InChI is InChI=1S/C10H13NO2/c1-10(5-3-6-10)11-9(12)8-4-2-7-13-8/h2,4,7H,3,5-6H2,1H3,(H,11,12). The van der Waals surface area contributed by atoms with Gasteiger partial charge >= 0.3 is 0 Å². The van der Waals surface area contributed by atoms with Gasteiger partial charge in [0, 0.05) is 5.54 Å². The Kier molecular flexibility index (Phi) is 1.87. The van der Waals surface area contributed by atoms with Gasteiger partial charge in [0.2, 0.25) is 0 Å². The van der Waals surface area contributed by atoms with Gasteiger partial charge in [-0.05, 0) is 38.3 Å². The van der Waals surface area contributed by atoms with Crippen LogP contribution in [-0.2, 0) is 0 Å². The maximum atomic E-state index is 11.5. The van der Waals surface area contributed by atoms with Crippen molar-refractivity contribution in [3.63, 3.8) is 0 Å². The van der Waals surface area contributed by atoms with Crippen LogP contribution in [0.3, 0.4) is 0 Å². The molecule has 1 N–H and O–H groups in total. The van der Waals surface area contributed by atoms with Crippen LogP contribution in [0.2, 0.25) is 0 Å². The lowest BCUT2D eigenvalue weighted by Gasteiger charge is -2.38. The van der Waals surface area contributed by atoms with Gasteiger partial charge in [-0.2, -0.15) is 0 Å². The lowest BCUT2D eigenvalue weighted by Crippen LogP contribution is -2.50. The van der Waals surface area contributed by atoms with Crippen LogP contribution in [0, 0.1) is 0 Å². The van der Waals surface area contributed by atoms with Gasteiger partial charge in [-0.15, -0.1) is 0 Å². The summed E-state index contributed by atoms with van der Waals surface area (Å²) < 4.78 is 5.00. The van der Waals surface area contributed by atoms with Crippen LogP contribution in [0.4, 0.5) is 0 Å². The van der Waals surface area contributed by atoms with Crippen molar-refractivity contribution in [1.29, 1.82) is 0 Å². The molecule has 1 aliphatic rings. The van der Waals surface area contributed by atoms with Gasteiger partial charge in [0.05, 0.1) is 6.26 Å². The van der Waals surface area contributed by atoms with Crippen LogP contribution >= 0.6 is 0 Å². The summed E-state index contributed by atoms with van der Waals surface area (Å²) >= 11 is 0. The van der Waals surface area contributed by atoms with Crippen LogP contribution in [0.5, 0.6) is 0 Å².